The average Bonchev–Trinajstić information content (AvgIpc) is 2.89. The number of carbonyl (C=O) groups is 2. The molecule has 0 bridgehead atoms. The lowest BCUT2D eigenvalue weighted by molar-refractivity contribution is -0.126. The van der Waals surface area contributed by atoms with Gasteiger partial charge in [0.1, 0.15) is 17.1 Å². The van der Waals surface area contributed by atoms with Crippen LogP contribution in [0.25, 0.3) is 5.76 Å². The SMILES string of the molecule is COCCOCOc1ccc(/C(O)=C2\C(=O)CN(C(C)C)C2=O)cc1. The van der Waals surface area contributed by atoms with Crippen LogP contribution in [0.2, 0.25) is 0 Å². The van der Waals surface area contributed by atoms with E-state index in [1.165, 1.54) is 4.90 Å². The summed E-state index contributed by atoms with van der Waals surface area (Å²) in [7, 11) is 1.59. The highest BCUT2D eigenvalue weighted by molar-refractivity contribution is 6.28. The third kappa shape index (κ3) is 4.58. The molecule has 2 rings (SSSR count). The van der Waals surface area contributed by atoms with Crippen LogP contribution in [-0.2, 0) is 19.1 Å². The number of Topliss-reactive ketones (excluding diaryl/α,β-unsaturated/α-hetero) is 1. The van der Waals surface area contributed by atoms with Crippen molar-refractivity contribution < 1.29 is 28.9 Å². The molecule has 1 heterocycles. The van der Waals surface area contributed by atoms with Crippen LogP contribution in [0.4, 0.5) is 0 Å². The van der Waals surface area contributed by atoms with Crippen LogP contribution in [0, 0.1) is 0 Å². The summed E-state index contributed by atoms with van der Waals surface area (Å²) < 4.78 is 15.4. The second-order valence-corrected chi connectivity index (χ2v) is 5.86. The molecule has 1 amide bonds. The molecule has 1 fully saturated rings. The number of amides is 1. The maximum Gasteiger partial charge on any atom is 0.262 e. The molecule has 0 radical (unpaired) electrons. The lowest BCUT2D eigenvalue weighted by Gasteiger charge is -2.18. The summed E-state index contributed by atoms with van der Waals surface area (Å²) >= 11 is 0. The summed E-state index contributed by atoms with van der Waals surface area (Å²) in [4.78, 5) is 25.8. The van der Waals surface area contributed by atoms with E-state index >= 15 is 0 Å². The maximum atomic E-state index is 12.3. The zero-order valence-electron chi connectivity index (χ0n) is 14.7. The largest absolute Gasteiger partial charge is 0.506 e. The molecule has 0 spiro atoms. The zero-order chi connectivity index (χ0) is 18.4. The molecule has 25 heavy (non-hydrogen) atoms. The van der Waals surface area contributed by atoms with E-state index in [2.05, 4.69) is 0 Å². The molecular weight excluding hydrogens is 326 g/mol. The highest BCUT2D eigenvalue weighted by Crippen LogP contribution is 2.25. The van der Waals surface area contributed by atoms with Crippen molar-refractivity contribution in [2.45, 2.75) is 19.9 Å². The number of ketones is 1. The number of benzene rings is 1. The Balaban J connectivity index is 2.06. The minimum absolute atomic E-state index is 0.00407. The van der Waals surface area contributed by atoms with Gasteiger partial charge in [-0.1, -0.05) is 0 Å². The normalized spacial score (nSPS) is 16.7. The Labute approximate surface area is 146 Å². The van der Waals surface area contributed by atoms with E-state index in [0.29, 0.717) is 24.5 Å². The van der Waals surface area contributed by atoms with E-state index in [9.17, 15) is 14.7 Å². The summed E-state index contributed by atoms with van der Waals surface area (Å²) in [6.07, 6.45) is 0. The summed E-state index contributed by atoms with van der Waals surface area (Å²) in [6.45, 7) is 4.64. The van der Waals surface area contributed by atoms with E-state index in [-0.39, 0.29) is 36.5 Å². The monoisotopic (exact) mass is 349 g/mol. The van der Waals surface area contributed by atoms with Crippen LogP contribution in [0.15, 0.2) is 29.8 Å². The lowest BCUT2D eigenvalue weighted by atomic mass is 10.1. The van der Waals surface area contributed by atoms with E-state index in [1.807, 2.05) is 13.8 Å². The van der Waals surface area contributed by atoms with Gasteiger partial charge < -0.3 is 24.2 Å². The molecule has 0 aliphatic carbocycles. The fourth-order valence-electron chi connectivity index (χ4n) is 2.38. The molecule has 0 aromatic heterocycles. The highest BCUT2D eigenvalue weighted by Gasteiger charge is 2.37. The first kappa shape index (κ1) is 19.0. The van der Waals surface area contributed by atoms with Crippen molar-refractivity contribution in [2.75, 3.05) is 33.7 Å². The predicted octanol–water partition coefficient (Wildman–Crippen LogP) is 1.77. The standard InChI is InChI=1S/C18H23NO6/c1-12(2)19-10-15(20)16(18(19)22)17(21)13-4-6-14(7-5-13)25-11-24-9-8-23-3/h4-7,12,21H,8-11H2,1-3H3/b17-16-. The van der Waals surface area contributed by atoms with Crippen molar-refractivity contribution in [3.8, 4) is 5.75 Å². The van der Waals surface area contributed by atoms with Crippen molar-refractivity contribution >= 4 is 17.4 Å². The Morgan fingerprint density at radius 3 is 2.44 bits per heavy atom. The Kier molecular flexibility index (Phi) is 6.55. The Morgan fingerprint density at radius 2 is 1.88 bits per heavy atom. The van der Waals surface area contributed by atoms with Crippen molar-refractivity contribution in [3.05, 3.63) is 35.4 Å². The zero-order valence-corrected chi connectivity index (χ0v) is 14.7. The molecule has 1 aliphatic heterocycles. The van der Waals surface area contributed by atoms with Crippen molar-refractivity contribution in [2.24, 2.45) is 0 Å². The molecule has 0 unspecified atom stereocenters. The number of aliphatic hydroxyl groups excluding tert-OH is 1. The third-order valence-corrected chi connectivity index (χ3v) is 3.80. The summed E-state index contributed by atoms with van der Waals surface area (Å²) in [6, 6.07) is 6.35. The van der Waals surface area contributed by atoms with Crippen molar-refractivity contribution in [1.82, 2.24) is 4.90 Å². The number of likely N-dealkylation sites (tertiary alicyclic amines) is 1. The lowest BCUT2D eigenvalue weighted by Crippen LogP contribution is -2.32. The quantitative estimate of drug-likeness (QED) is 0.253. The summed E-state index contributed by atoms with van der Waals surface area (Å²) in [5, 5.41) is 10.4. The first-order valence-corrected chi connectivity index (χ1v) is 8.03. The molecule has 1 saturated heterocycles. The van der Waals surface area contributed by atoms with Gasteiger partial charge in [0.2, 0.25) is 0 Å². The third-order valence-electron chi connectivity index (χ3n) is 3.80. The van der Waals surface area contributed by atoms with Crippen molar-refractivity contribution in [3.63, 3.8) is 0 Å². The highest BCUT2D eigenvalue weighted by atomic mass is 16.7. The average molecular weight is 349 g/mol. The van der Waals surface area contributed by atoms with Gasteiger partial charge in [-0.2, -0.15) is 0 Å². The van der Waals surface area contributed by atoms with Gasteiger partial charge in [-0.15, -0.1) is 0 Å². The van der Waals surface area contributed by atoms with Gasteiger partial charge in [0.15, 0.2) is 12.6 Å². The Hall–Kier alpha value is -2.38. The summed E-state index contributed by atoms with van der Waals surface area (Å²) in [5.74, 6) is -0.569. The number of rotatable bonds is 8. The number of nitrogens with zero attached hydrogens (tertiary/aromatic N) is 1. The van der Waals surface area contributed by atoms with Crippen LogP contribution >= 0.6 is 0 Å². The van der Waals surface area contributed by atoms with Crippen LogP contribution in [0.3, 0.4) is 0 Å². The van der Waals surface area contributed by atoms with Gasteiger partial charge in [0, 0.05) is 18.7 Å². The number of aliphatic hydroxyl groups is 1. The molecule has 1 N–H and O–H groups in total. The van der Waals surface area contributed by atoms with E-state index in [4.69, 9.17) is 14.2 Å². The number of hydrogen-bond acceptors (Lipinski definition) is 6. The van der Waals surface area contributed by atoms with Gasteiger partial charge >= 0.3 is 0 Å². The van der Waals surface area contributed by atoms with Crippen LogP contribution in [0.5, 0.6) is 5.75 Å². The van der Waals surface area contributed by atoms with E-state index < -0.39 is 5.91 Å². The van der Waals surface area contributed by atoms with Gasteiger partial charge in [0.25, 0.3) is 5.91 Å². The van der Waals surface area contributed by atoms with Crippen LogP contribution < -0.4 is 4.74 Å². The number of hydrogen-bond donors (Lipinski definition) is 1. The molecule has 1 aromatic rings. The first-order valence-electron chi connectivity index (χ1n) is 8.03. The molecular formula is C18H23NO6. The number of ether oxygens (including phenoxy) is 3. The maximum absolute atomic E-state index is 12.3. The van der Waals surface area contributed by atoms with E-state index in [1.54, 1.807) is 31.4 Å². The molecule has 1 aromatic carbocycles. The second-order valence-electron chi connectivity index (χ2n) is 5.86. The van der Waals surface area contributed by atoms with Gasteiger partial charge in [-0.05, 0) is 38.1 Å². The molecule has 0 atom stereocenters. The minimum atomic E-state index is -0.440. The fourth-order valence-corrected chi connectivity index (χ4v) is 2.38. The minimum Gasteiger partial charge on any atom is -0.506 e. The molecule has 7 nitrogen and oxygen atoms in total. The molecule has 136 valence electrons. The Bertz CT molecular complexity index is 650. The van der Waals surface area contributed by atoms with Crippen molar-refractivity contribution in [1.29, 1.82) is 0 Å². The van der Waals surface area contributed by atoms with E-state index in [0.717, 1.165) is 0 Å². The predicted molar refractivity (Wildman–Crippen MR) is 91.2 cm³/mol. The number of methoxy groups -OCH3 is 1. The topological polar surface area (TPSA) is 85.3 Å². The van der Waals surface area contributed by atoms with Crippen LogP contribution in [-0.4, -0.2) is 61.4 Å². The van der Waals surface area contributed by atoms with Gasteiger partial charge in [-0.3, -0.25) is 9.59 Å². The fraction of sp³-hybridized carbons (Fsp3) is 0.444. The number of carbonyl (C=O) groups excluding carboxylic acids is 2. The molecule has 7 heteroatoms. The smallest absolute Gasteiger partial charge is 0.262 e. The Morgan fingerprint density at radius 1 is 1.20 bits per heavy atom. The second kappa shape index (κ2) is 8.64. The van der Waals surface area contributed by atoms with Crippen LogP contribution in [0.1, 0.15) is 19.4 Å². The summed E-state index contributed by atoms with van der Waals surface area (Å²) in [5.41, 5.74) is 0.222. The molecule has 0 saturated carbocycles. The molecule has 1 aliphatic rings. The first-order chi connectivity index (χ1) is 12.0. The van der Waals surface area contributed by atoms with Gasteiger partial charge in [0.05, 0.1) is 19.8 Å². The van der Waals surface area contributed by atoms with Gasteiger partial charge in [-0.25, -0.2) is 0 Å².